The highest BCUT2D eigenvalue weighted by Gasteiger charge is 2.37. The molecule has 20 heavy (non-hydrogen) atoms. The standard InChI is InChI=1S/C19H36O/c1-4-6-16-7-9-17(10-8-16)18-11-14-19(20-3,13-5-2)15-12-18/h16-18H,4-15H2,1-3H3. The molecule has 0 amide bonds. The molecule has 118 valence electrons. The molecular weight excluding hydrogens is 244 g/mol. The van der Waals surface area contributed by atoms with Gasteiger partial charge in [-0.3, -0.25) is 0 Å². The van der Waals surface area contributed by atoms with E-state index in [1.54, 1.807) is 0 Å². The Morgan fingerprint density at radius 2 is 1.45 bits per heavy atom. The second-order valence-electron chi connectivity index (χ2n) is 7.54. The van der Waals surface area contributed by atoms with Gasteiger partial charge in [0.15, 0.2) is 0 Å². The Hall–Kier alpha value is -0.0400. The molecule has 0 aromatic rings. The quantitative estimate of drug-likeness (QED) is 0.582. The molecule has 2 aliphatic rings. The van der Waals surface area contributed by atoms with E-state index in [0.29, 0.717) is 0 Å². The molecule has 0 aromatic heterocycles. The highest BCUT2D eigenvalue weighted by molar-refractivity contribution is 4.89. The van der Waals surface area contributed by atoms with Crippen LogP contribution in [0.2, 0.25) is 0 Å². The van der Waals surface area contributed by atoms with Crippen molar-refractivity contribution in [2.75, 3.05) is 7.11 Å². The molecule has 0 bridgehead atoms. The van der Waals surface area contributed by atoms with Crippen molar-refractivity contribution < 1.29 is 4.74 Å². The van der Waals surface area contributed by atoms with Gasteiger partial charge in [-0.2, -0.15) is 0 Å². The average molecular weight is 280 g/mol. The van der Waals surface area contributed by atoms with E-state index >= 15 is 0 Å². The first kappa shape index (κ1) is 16.3. The maximum absolute atomic E-state index is 5.90. The average Bonchev–Trinajstić information content (AvgIpc) is 2.50. The number of hydrogen-bond donors (Lipinski definition) is 0. The van der Waals surface area contributed by atoms with Crippen LogP contribution in [0.1, 0.15) is 90.9 Å². The predicted octanol–water partition coefficient (Wildman–Crippen LogP) is 5.97. The highest BCUT2D eigenvalue weighted by atomic mass is 16.5. The van der Waals surface area contributed by atoms with Crippen LogP contribution in [0.4, 0.5) is 0 Å². The molecule has 2 aliphatic carbocycles. The summed E-state index contributed by atoms with van der Waals surface area (Å²) in [5.74, 6) is 3.11. The van der Waals surface area contributed by atoms with Crippen LogP contribution in [0.15, 0.2) is 0 Å². The van der Waals surface area contributed by atoms with Gasteiger partial charge >= 0.3 is 0 Å². The molecule has 0 heterocycles. The molecule has 0 radical (unpaired) electrons. The van der Waals surface area contributed by atoms with Crippen molar-refractivity contribution in [3.05, 3.63) is 0 Å². The molecule has 0 unspecified atom stereocenters. The molecule has 2 rings (SSSR count). The number of hydrogen-bond acceptors (Lipinski definition) is 1. The van der Waals surface area contributed by atoms with Crippen LogP contribution < -0.4 is 0 Å². The fourth-order valence-corrected chi connectivity index (χ4v) is 5.01. The molecule has 2 fully saturated rings. The van der Waals surface area contributed by atoms with E-state index in [-0.39, 0.29) is 5.60 Å². The van der Waals surface area contributed by atoms with Gasteiger partial charge in [-0.25, -0.2) is 0 Å². The Morgan fingerprint density at radius 1 is 0.850 bits per heavy atom. The van der Waals surface area contributed by atoms with Crippen molar-refractivity contribution in [1.29, 1.82) is 0 Å². The van der Waals surface area contributed by atoms with Gasteiger partial charge in [0.2, 0.25) is 0 Å². The molecule has 0 aromatic carbocycles. The summed E-state index contributed by atoms with van der Waals surface area (Å²) in [7, 11) is 1.94. The minimum absolute atomic E-state index is 0.241. The van der Waals surface area contributed by atoms with Crippen LogP contribution in [0, 0.1) is 17.8 Å². The van der Waals surface area contributed by atoms with E-state index in [0.717, 1.165) is 17.8 Å². The fourth-order valence-electron chi connectivity index (χ4n) is 5.01. The normalized spacial score (nSPS) is 38.9. The summed E-state index contributed by atoms with van der Waals surface area (Å²) in [6.45, 7) is 4.63. The maximum atomic E-state index is 5.90. The first-order valence-electron chi connectivity index (χ1n) is 9.28. The Balaban J connectivity index is 1.77. The molecule has 0 saturated heterocycles. The van der Waals surface area contributed by atoms with Gasteiger partial charge in [0.25, 0.3) is 0 Å². The van der Waals surface area contributed by atoms with Gasteiger partial charge < -0.3 is 4.74 Å². The lowest BCUT2D eigenvalue weighted by Gasteiger charge is -2.43. The summed E-state index contributed by atoms with van der Waals surface area (Å²) in [6, 6.07) is 0. The summed E-state index contributed by atoms with van der Waals surface area (Å²) < 4.78 is 5.90. The molecule has 2 saturated carbocycles. The third-order valence-electron chi connectivity index (χ3n) is 6.34. The van der Waals surface area contributed by atoms with Gasteiger partial charge in [0.1, 0.15) is 0 Å². The van der Waals surface area contributed by atoms with Crippen LogP contribution in [-0.4, -0.2) is 12.7 Å². The molecule has 0 aliphatic heterocycles. The molecule has 1 heteroatoms. The topological polar surface area (TPSA) is 9.23 Å². The number of methoxy groups -OCH3 is 1. The van der Waals surface area contributed by atoms with E-state index in [9.17, 15) is 0 Å². The van der Waals surface area contributed by atoms with Crippen molar-refractivity contribution >= 4 is 0 Å². The van der Waals surface area contributed by atoms with Crippen LogP contribution in [-0.2, 0) is 4.74 Å². The summed E-state index contributed by atoms with van der Waals surface area (Å²) in [5, 5.41) is 0. The first-order chi connectivity index (χ1) is 9.73. The molecular formula is C19H36O. The van der Waals surface area contributed by atoms with Crippen LogP contribution in [0.5, 0.6) is 0 Å². The minimum atomic E-state index is 0.241. The molecule has 0 spiro atoms. The minimum Gasteiger partial charge on any atom is -0.378 e. The predicted molar refractivity (Wildman–Crippen MR) is 87.0 cm³/mol. The van der Waals surface area contributed by atoms with Crippen molar-refractivity contribution in [3.63, 3.8) is 0 Å². The highest BCUT2D eigenvalue weighted by Crippen LogP contribution is 2.45. The third kappa shape index (κ3) is 4.00. The zero-order valence-electron chi connectivity index (χ0n) is 14.1. The third-order valence-corrected chi connectivity index (χ3v) is 6.34. The zero-order chi connectivity index (χ0) is 14.4. The van der Waals surface area contributed by atoms with E-state index in [4.69, 9.17) is 4.74 Å². The summed E-state index contributed by atoms with van der Waals surface area (Å²) >= 11 is 0. The molecule has 0 N–H and O–H groups in total. The van der Waals surface area contributed by atoms with Gasteiger partial charge in [-0.1, -0.05) is 46.0 Å². The van der Waals surface area contributed by atoms with E-state index in [2.05, 4.69) is 13.8 Å². The second-order valence-corrected chi connectivity index (χ2v) is 7.54. The Morgan fingerprint density at radius 3 is 1.95 bits per heavy atom. The summed E-state index contributed by atoms with van der Waals surface area (Å²) in [6.07, 6.45) is 16.9. The maximum Gasteiger partial charge on any atom is 0.0678 e. The smallest absolute Gasteiger partial charge is 0.0678 e. The van der Waals surface area contributed by atoms with Gasteiger partial charge in [0.05, 0.1) is 5.60 Å². The molecule has 1 nitrogen and oxygen atoms in total. The first-order valence-corrected chi connectivity index (χ1v) is 9.28. The van der Waals surface area contributed by atoms with Crippen molar-refractivity contribution in [1.82, 2.24) is 0 Å². The van der Waals surface area contributed by atoms with Crippen molar-refractivity contribution in [3.8, 4) is 0 Å². The van der Waals surface area contributed by atoms with Crippen molar-refractivity contribution in [2.24, 2.45) is 17.8 Å². The number of rotatable bonds is 6. The molecule has 0 atom stereocenters. The van der Waals surface area contributed by atoms with E-state index in [1.165, 1.54) is 77.0 Å². The lowest BCUT2D eigenvalue weighted by atomic mass is 9.67. The van der Waals surface area contributed by atoms with E-state index < -0.39 is 0 Å². The Kier molecular flexibility index (Phi) is 6.39. The van der Waals surface area contributed by atoms with Gasteiger partial charge in [-0.15, -0.1) is 0 Å². The van der Waals surface area contributed by atoms with Gasteiger partial charge in [0, 0.05) is 7.11 Å². The van der Waals surface area contributed by atoms with Crippen molar-refractivity contribution in [2.45, 2.75) is 96.5 Å². The SMILES string of the molecule is CCCC1CCC(C2CCC(CCC)(OC)CC2)CC1. The lowest BCUT2D eigenvalue weighted by molar-refractivity contribution is -0.0629. The van der Waals surface area contributed by atoms with Crippen LogP contribution in [0.3, 0.4) is 0 Å². The largest absolute Gasteiger partial charge is 0.378 e. The zero-order valence-corrected chi connectivity index (χ0v) is 14.1. The second kappa shape index (κ2) is 7.82. The lowest BCUT2D eigenvalue weighted by Crippen LogP contribution is -2.38. The van der Waals surface area contributed by atoms with Crippen LogP contribution >= 0.6 is 0 Å². The van der Waals surface area contributed by atoms with E-state index in [1.807, 2.05) is 7.11 Å². The number of ether oxygens (including phenoxy) is 1. The Bertz CT molecular complexity index is 257. The fraction of sp³-hybridized carbons (Fsp3) is 1.00. The Labute approximate surface area is 126 Å². The van der Waals surface area contributed by atoms with Crippen LogP contribution in [0.25, 0.3) is 0 Å². The monoisotopic (exact) mass is 280 g/mol. The summed E-state index contributed by atoms with van der Waals surface area (Å²) in [5.41, 5.74) is 0.241. The van der Waals surface area contributed by atoms with Gasteiger partial charge in [-0.05, 0) is 62.7 Å². The summed E-state index contributed by atoms with van der Waals surface area (Å²) in [4.78, 5) is 0.